The second-order valence-corrected chi connectivity index (χ2v) is 5.31. The standard InChI is InChI=1S/C18H18N4O3/c1-25-12-10-19-17(23)15-14-9-5-6-11-22(14)16(21-15)18(24)20-13-7-3-2-4-8-13/h2-9,11H,10,12H2,1H3,(H,19,23)(H,20,24). The minimum Gasteiger partial charge on any atom is -0.383 e. The second-order valence-electron chi connectivity index (χ2n) is 5.31. The Kier molecular flexibility index (Phi) is 5.06. The number of pyridine rings is 1. The molecule has 7 nitrogen and oxygen atoms in total. The highest BCUT2D eigenvalue weighted by molar-refractivity contribution is 6.06. The number of methoxy groups -OCH3 is 1. The maximum atomic E-state index is 12.6. The molecule has 2 aromatic heterocycles. The van der Waals surface area contributed by atoms with Crippen LogP contribution in [0.4, 0.5) is 5.69 Å². The Bertz CT molecular complexity index is 890. The smallest absolute Gasteiger partial charge is 0.292 e. The molecular formula is C18H18N4O3. The molecular weight excluding hydrogens is 320 g/mol. The lowest BCUT2D eigenvalue weighted by Gasteiger charge is -2.03. The number of imidazole rings is 1. The van der Waals surface area contributed by atoms with Crippen molar-refractivity contribution in [2.75, 3.05) is 25.6 Å². The van der Waals surface area contributed by atoms with Crippen molar-refractivity contribution in [3.63, 3.8) is 0 Å². The van der Waals surface area contributed by atoms with Crippen molar-refractivity contribution in [2.24, 2.45) is 0 Å². The quantitative estimate of drug-likeness (QED) is 0.673. The minimum absolute atomic E-state index is 0.149. The van der Waals surface area contributed by atoms with Crippen LogP contribution in [0.3, 0.4) is 0 Å². The van der Waals surface area contributed by atoms with Crippen LogP contribution >= 0.6 is 0 Å². The van der Waals surface area contributed by atoms with Crippen molar-refractivity contribution in [1.29, 1.82) is 0 Å². The summed E-state index contributed by atoms with van der Waals surface area (Å²) >= 11 is 0. The molecule has 0 aliphatic carbocycles. The van der Waals surface area contributed by atoms with Gasteiger partial charge in [-0.15, -0.1) is 0 Å². The summed E-state index contributed by atoms with van der Waals surface area (Å²) in [5.74, 6) is -0.584. The first kappa shape index (κ1) is 16.7. The number of ether oxygens (including phenoxy) is 1. The number of nitrogens with one attached hydrogen (secondary N) is 2. The van der Waals surface area contributed by atoms with Gasteiger partial charge in [0.2, 0.25) is 5.82 Å². The zero-order chi connectivity index (χ0) is 17.6. The molecule has 0 spiro atoms. The molecule has 0 saturated carbocycles. The minimum atomic E-state index is -0.386. The zero-order valence-corrected chi connectivity index (χ0v) is 13.7. The highest BCUT2D eigenvalue weighted by atomic mass is 16.5. The van der Waals surface area contributed by atoms with Crippen molar-refractivity contribution in [3.8, 4) is 0 Å². The fraction of sp³-hybridized carbons (Fsp3) is 0.167. The van der Waals surface area contributed by atoms with Gasteiger partial charge in [0.25, 0.3) is 11.8 Å². The van der Waals surface area contributed by atoms with Crippen LogP contribution in [0, 0.1) is 0 Å². The van der Waals surface area contributed by atoms with Crippen LogP contribution in [0.2, 0.25) is 0 Å². The molecule has 7 heteroatoms. The predicted molar refractivity (Wildman–Crippen MR) is 93.8 cm³/mol. The third-order valence-electron chi connectivity index (χ3n) is 3.59. The fourth-order valence-electron chi connectivity index (χ4n) is 2.42. The topological polar surface area (TPSA) is 84.7 Å². The van der Waals surface area contributed by atoms with Gasteiger partial charge in [-0.3, -0.25) is 14.0 Å². The Morgan fingerprint density at radius 1 is 1.08 bits per heavy atom. The summed E-state index contributed by atoms with van der Waals surface area (Å²) in [6.07, 6.45) is 1.70. The number of fused-ring (bicyclic) bond motifs is 1. The summed E-state index contributed by atoms with van der Waals surface area (Å²) in [5.41, 5.74) is 1.43. The van der Waals surface area contributed by atoms with Crippen molar-refractivity contribution in [2.45, 2.75) is 0 Å². The SMILES string of the molecule is COCCNC(=O)c1nc(C(=O)Nc2ccccc2)n2ccccc12. The molecule has 0 aliphatic rings. The van der Waals surface area contributed by atoms with Gasteiger partial charge in [0, 0.05) is 25.5 Å². The van der Waals surface area contributed by atoms with Crippen molar-refractivity contribution in [3.05, 3.63) is 66.2 Å². The molecule has 0 aliphatic heterocycles. The van der Waals surface area contributed by atoms with Crippen LogP contribution in [0.5, 0.6) is 0 Å². The summed E-state index contributed by atoms with van der Waals surface area (Å²) in [6, 6.07) is 14.4. The van der Waals surface area contributed by atoms with Crippen LogP contribution in [0.1, 0.15) is 21.1 Å². The number of carbonyl (C=O) groups excluding carboxylic acids is 2. The van der Waals surface area contributed by atoms with Gasteiger partial charge >= 0.3 is 0 Å². The van der Waals surface area contributed by atoms with Gasteiger partial charge in [0.05, 0.1) is 12.1 Å². The Morgan fingerprint density at radius 2 is 1.84 bits per heavy atom. The monoisotopic (exact) mass is 338 g/mol. The van der Waals surface area contributed by atoms with E-state index in [4.69, 9.17) is 4.74 Å². The van der Waals surface area contributed by atoms with Crippen molar-refractivity contribution in [1.82, 2.24) is 14.7 Å². The molecule has 3 rings (SSSR count). The molecule has 0 atom stereocenters. The summed E-state index contributed by atoms with van der Waals surface area (Å²) in [4.78, 5) is 29.2. The summed E-state index contributed by atoms with van der Waals surface area (Å²) in [5, 5.41) is 5.50. The van der Waals surface area contributed by atoms with Crippen LogP contribution < -0.4 is 10.6 Å². The Hall–Kier alpha value is -3.19. The van der Waals surface area contributed by atoms with E-state index in [1.807, 2.05) is 18.2 Å². The normalized spacial score (nSPS) is 10.6. The molecule has 2 heterocycles. The average molecular weight is 338 g/mol. The molecule has 0 radical (unpaired) electrons. The van der Waals surface area contributed by atoms with E-state index in [2.05, 4.69) is 15.6 Å². The summed E-state index contributed by atoms with van der Waals surface area (Å²) in [7, 11) is 1.56. The molecule has 2 amide bonds. The lowest BCUT2D eigenvalue weighted by atomic mass is 10.3. The van der Waals surface area contributed by atoms with Crippen LogP contribution in [-0.2, 0) is 4.74 Å². The van der Waals surface area contributed by atoms with E-state index < -0.39 is 0 Å². The summed E-state index contributed by atoms with van der Waals surface area (Å²) in [6.45, 7) is 0.769. The van der Waals surface area contributed by atoms with E-state index in [1.54, 1.807) is 48.0 Å². The average Bonchev–Trinajstić information content (AvgIpc) is 3.03. The molecule has 0 bridgehead atoms. The van der Waals surface area contributed by atoms with Crippen molar-refractivity contribution < 1.29 is 14.3 Å². The lowest BCUT2D eigenvalue weighted by molar-refractivity contribution is 0.0934. The Labute approximate surface area is 144 Å². The molecule has 0 unspecified atom stereocenters. The van der Waals surface area contributed by atoms with E-state index >= 15 is 0 Å². The Morgan fingerprint density at radius 3 is 2.60 bits per heavy atom. The van der Waals surface area contributed by atoms with Gasteiger partial charge in [0.15, 0.2) is 5.69 Å². The van der Waals surface area contributed by atoms with Gasteiger partial charge in [0.1, 0.15) is 0 Å². The molecule has 2 N–H and O–H groups in total. The van der Waals surface area contributed by atoms with Gasteiger partial charge < -0.3 is 15.4 Å². The van der Waals surface area contributed by atoms with E-state index in [0.717, 1.165) is 0 Å². The first-order chi connectivity index (χ1) is 12.2. The predicted octanol–water partition coefficient (Wildman–Crippen LogP) is 1.96. The van der Waals surface area contributed by atoms with Crippen LogP contribution in [0.25, 0.3) is 5.52 Å². The van der Waals surface area contributed by atoms with E-state index in [0.29, 0.717) is 24.4 Å². The third kappa shape index (κ3) is 3.67. The molecule has 0 fully saturated rings. The molecule has 3 aromatic rings. The Balaban J connectivity index is 1.91. The number of hydrogen-bond acceptors (Lipinski definition) is 4. The second kappa shape index (κ2) is 7.59. The first-order valence-electron chi connectivity index (χ1n) is 7.81. The number of benzene rings is 1. The molecule has 25 heavy (non-hydrogen) atoms. The van der Waals surface area contributed by atoms with Crippen LogP contribution in [-0.4, -0.2) is 41.5 Å². The zero-order valence-electron chi connectivity index (χ0n) is 13.7. The van der Waals surface area contributed by atoms with Gasteiger partial charge in [-0.05, 0) is 24.3 Å². The fourth-order valence-corrected chi connectivity index (χ4v) is 2.42. The van der Waals surface area contributed by atoms with Crippen molar-refractivity contribution >= 4 is 23.0 Å². The van der Waals surface area contributed by atoms with Gasteiger partial charge in [-0.1, -0.05) is 24.3 Å². The number of nitrogens with zero attached hydrogens (tertiary/aromatic N) is 2. The largest absolute Gasteiger partial charge is 0.383 e. The number of amides is 2. The van der Waals surface area contributed by atoms with E-state index in [-0.39, 0.29) is 23.3 Å². The lowest BCUT2D eigenvalue weighted by Crippen LogP contribution is -2.27. The number of anilines is 1. The third-order valence-corrected chi connectivity index (χ3v) is 3.59. The van der Waals surface area contributed by atoms with E-state index in [1.165, 1.54) is 0 Å². The number of aromatic nitrogens is 2. The molecule has 0 saturated heterocycles. The number of carbonyl (C=O) groups is 2. The number of para-hydroxylation sites is 1. The first-order valence-corrected chi connectivity index (χ1v) is 7.81. The highest BCUT2D eigenvalue weighted by Gasteiger charge is 2.21. The highest BCUT2D eigenvalue weighted by Crippen LogP contribution is 2.15. The van der Waals surface area contributed by atoms with Gasteiger partial charge in [-0.2, -0.15) is 0 Å². The number of rotatable bonds is 6. The molecule has 128 valence electrons. The maximum Gasteiger partial charge on any atom is 0.292 e. The number of hydrogen-bond donors (Lipinski definition) is 2. The maximum absolute atomic E-state index is 12.6. The van der Waals surface area contributed by atoms with Gasteiger partial charge in [-0.25, -0.2) is 4.98 Å². The summed E-state index contributed by atoms with van der Waals surface area (Å²) < 4.78 is 6.52. The van der Waals surface area contributed by atoms with E-state index in [9.17, 15) is 9.59 Å². The molecule has 1 aromatic carbocycles. The van der Waals surface area contributed by atoms with Crippen LogP contribution in [0.15, 0.2) is 54.7 Å².